The zero-order valence-electron chi connectivity index (χ0n) is 15.9. The van der Waals surface area contributed by atoms with E-state index in [0.717, 1.165) is 0 Å². The van der Waals surface area contributed by atoms with Gasteiger partial charge in [-0.25, -0.2) is 0 Å². The Bertz CT molecular complexity index is 853. The van der Waals surface area contributed by atoms with Crippen LogP contribution in [0.25, 0.3) is 0 Å². The summed E-state index contributed by atoms with van der Waals surface area (Å²) in [6.07, 6.45) is 1.27. The quantitative estimate of drug-likeness (QED) is 0.802. The Balaban J connectivity index is 1.58. The van der Waals surface area contributed by atoms with Crippen LogP contribution >= 0.6 is 0 Å². The van der Waals surface area contributed by atoms with Crippen molar-refractivity contribution in [3.8, 4) is 11.5 Å². The molecule has 1 aliphatic heterocycles. The van der Waals surface area contributed by atoms with Crippen LogP contribution in [0, 0.1) is 0 Å². The number of ether oxygens (including phenoxy) is 2. The normalized spacial score (nSPS) is 14.6. The van der Waals surface area contributed by atoms with Crippen LogP contribution in [0.4, 0.5) is 8.78 Å². The summed E-state index contributed by atoms with van der Waals surface area (Å²) in [5.74, 6) is -0.406. The number of nitrogens with one attached hydrogen (secondary N) is 1. The Kier molecular flexibility index (Phi) is 6.64. The van der Waals surface area contributed by atoms with Gasteiger partial charge in [-0.05, 0) is 43.2 Å². The van der Waals surface area contributed by atoms with Crippen LogP contribution in [0.5, 0.6) is 11.5 Å². The number of alkyl halides is 2. The van der Waals surface area contributed by atoms with Gasteiger partial charge in [0.05, 0.1) is 7.11 Å². The number of likely N-dealkylation sites (tertiary alicyclic amines) is 1. The number of hydrogen-bond donors (Lipinski definition) is 1. The molecule has 0 spiro atoms. The highest BCUT2D eigenvalue weighted by atomic mass is 19.3. The lowest BCUT2D eigenvalue weighted by molar-refractivity contribution is -0.0512. The maximum absolute atomic E-state index is 12.7. The van der Waals surface area contributed by atoms with Crippen molar-refractivity contribution in [3.05, 3.63) is 59.7 Å². The minimum Gasteiger partial charge on any atom is -0.493 e. The molecule has 0 atom stereocenters. The van der Waals surface area contributed by atoms with Crippen molar-refractivity contribution in [2.24, 2.45) is 0 Å². The monoisotopic (exact) mass is 404 g/mol. The van der Waals surface area contributed by atoms with Gasteiger partial charge in [0.1, 0.15) is 0 Å². The highest BCUT2D eigenvalue weighted by molar-refractivity contribution is 5.95. The van der Waals surface area contributed by atoms with E-state index in [9.17, 15) is 18.4 Å². The van der Waals surface area contributed by atoms with E-state index in [4.69, 9.17) is 4.74 Å². The van der Waals surface area contributed by atoms with Crippen molar-refractivity contribution in [2.75, 3.05) is 20.2 Å². The summed E-state index contributed by atoms with van der Waals surface area (Å²) in [5.41, 5.74) is 0.930. The van der Waals surface area contributed by atoms with Crippen LogP contribution in [0.3, 0.4) is 0 Å². The molecule has 0 unspecified atom stereocenters. The SMILES string of the molecule is COc1cc(C(=O)N2CCC(NC(=O)c3ccccc3)CC2)ccc1OC(F)F. The topological polar surface area (TPSA) is 67.9 Å². The molecule has 1 heterocycles. The Morgan fingerprint density at radius 3 is 2.34 bits per heavy atom. The molecule has 2 amide bonds. The number of nitrogens with zero attached hydrogens (tertiary/aromatic N) is 1. The van der Waals surface area contributed by atoms with Crippen molar-refractivity contribution >= 4 is 11.8 Å². The molecule has 1 saturated heterocycles. The van der Waals surface area contributed by atoms with E-state index in [1.54, 1.807) is 17.0 Å². The van der Waals surface area contributed by atoms with Gasteiger partial charge in [-0.15, -0.1) is 0 Å². The largest absolute Gasteiger partial charge is 0.493 e. The number of carbonyl (C=O) groups is 2. The molecule has 1 aliphatic rings. The van der Waals surface area contributed by atoms with E-state index in [1.165, 1.54) is 25.3 Å². The Morgan fingerprint density at radius 2 is 1.72 bits per heavy atom. The standard InChI is InChI=1S/C21H22F2N2O4/c1-28-18-13-15(7-8-17(18)29-21(22)23)20(27)25-11-9-16(10-12-25)24-19(26)14-5-3-2-4-6-14/h2-8,13,16,21H,9-12H2,1H3,(H,24,26). The first-order chi connectivity index (χ1) is 14.0. The maximum atomic E-state index is 12.7. The van der Waals surface area contributed by atoms with Crippen LogP contribution in [0.2, 0.25) is 0 Å². The predicted molar refractivity (Wildman–Crippen MR) is 102 cm³/mol. The van der Waals surface area contributed by atoms with Gasteiger partial charge in [0.25, 0.3) is 11.8 Å². The lowest BCUT2D eigenvalue weighted by atomic mass is 10.0. The number of rotatable bonds is 6. The van der Waals surface area contributed by atoms with Crippen LogP contribution in [0.1, 0.15) is 33.6 Å². The number of amides is 2. The lowest BCUT2D eigenvalue weighted by Crippen LogP contribution is -2.46. The summed E-state index contributed by atoms with van der Waals surface area (Å²) in [6, 6.07) is 13.1. The molecule has 1 fully saturated rings. The second kappa shape index (κ2) is 9.36. The molecule has 0 bridgehead atoms. The number of piperidine rings is 1. The fourth-order valence-electron chi connectivity index (χ4n) is 3.26. The van der Waals surface area contributed by atoms with Crippen molar-refractivity contribution in [1.29, 1.82) is 0 Å². The number of halogens is 2. The highest BCUT2D eigenvalue weighted by Gasteiger charge is 2.25. The molecule has 2 aromatic rings. The second-order valence-corrected chi connectivity index (χ2v) is 6.65. The van der Waals surface area contributed by atoms with Crippen LogP contribution in [-0.4, -0.2) is 49.6 Å². The Labute approximate surface area is 167 Å². The average Bonchev–Trinajstić information content (AvgIpc) is 2.74. The van der Waals surface area contributed by atoms with E-state index in [2.05, 4.69) is 10.1 Å². The number of methoxy groups -OCH3 is 1. The molecule has 0 aromatic heterocycles. The molecule has 3 rings (SSSR count). The van der Waals surface area contributed by atoms with Gasteiger partial charge in [0, 0.05) is 30.3 Å². The molecule has 1 N–H and O–H groups in total. The first-order valence-corrected chi connectivity index (χ1v) is 9.26. The van der Waals surface area contributed by atoms with Crippen LogP contribution in [-0.2, 0) is 0 Å². The molecule has 6 nitrogen and oxygen atoms in total. The molecular formula is C21H22F2N2O4. The Hall–Kier alpha value is -3.16. The average molecular weight is 404 g/mol. The van der Waals surface area contributed by atoms with Gasteiger partial charge in [-0.3, -0.25) is 9.59 Å². The zero-order chi connectivity index (χ0) is 20.8. The van der Waals surface area contributed by atoms with E-state index < -0.39 is 6.61 Å². The molecule has 8 heteroatoms. The van der Waals surface area contributed by atoms with Gasteiger partial charge in [-0.1, -0.05) is 18.2 Å². The van der Waals surface area contributed by atoms with Crippen LogP contribution in [0.15, 0.2) is 48.5 Å². The van der Waals surface area contributed by atoms with Gasteiger partial charge >= 0.3 is 6.61 Å². The third-order valence-corrected chi connectivity index (χ3v) is 4.78. The fraction of sp³-hybridized carbons (Fsp3) is 0.333. The lowest BCUT2D eigenvalue weighted by Gasteiger charge is -2.32. The molecular weight excluding hydrogens is 382 g/mol. The minimum absolute atomic E-state index is 0.0110. The Morgan fingerprint density at radius 1 is 1.03 bits per heavy atom. The molecule has 154 valence electrons. The van der Waals surface area contributed by atoms with E-state index in [-0.39, 0.29) is 29.4 Å². The first-order valence-electron chi connectivity index (χ1n) is 9.26. The smallest absolute Gasteiger partial charge is 0.387 e. The summed E-state index contributed by atoms with van der Waals surface area (Å²) in [5, 5.41) is 2.99. The second-order valence-electron chi connectivity index (χ2n) is 6.65. The van der Waals surface area contributed by atoms with Crippen molar-refractivity contribution < 1.29 is 27.8 Å². The van der Waals surface area contributed by atoms with Gasteiger partial charge in [0.15, 0.2) is 11.5 Å². The highest BCUT2D eigenvalue weighted by Crippen LogP contribution is 2.30. The third kappa shape index (κ3) is 5.22. The molecule has 29 heavy (non-hydrogen) atoms. The maximum Gasteiger partial charge on any atom is 0.387 e. The van der Waals surface area contributed by atoms with Crippen molar-refractivity contribution in [3.63, 3.8) is 0 Å². The molecule has 0 saturated carbocycles. The first kappa shape index (κ1) is 20.6. The minimum atomic E-state index is -2.98. The van der Waals surface area contributed by atoms with E-state index >= 15 is 0 Å². The summed E-state index contributed by atoms with van der Waals surface area (Å²) in [4.78, 5) is 26.7. The van der Waals surface area contributed by atoms with Gasteiger partial charge in [0.2, 0.25) is 0 Å². The van der Waals surface area contributed by atoms with Gasteiger partial charge in [-0.2, -0.15) is 8.78 Å². The van der Waals surface area contributed by atoms with Gasteiger partial charge < -0.3 is 19.7 Å². The number of hydrogen-bond acceptors (Lipinski definition) is 4. The molecule has 2 aromatic carbocycles. The summed E-state index contributed by atoms with van der Waals surface area (Å²) >= 11 is 0. The number of benzene rings is 2. The van der Waals surface area contributed by atoms with E-state index in [0.29, 0.717) is 37.1 Å². The fourth-order valence-corrected chi connectivity index (χ4v) is 3.26. The van der Waals surface area contributed by atoms with Crippen molar-refractivity contribution in [1.82, 2.24) is 10.2 Å². The number of carbonyl (C=O) groups excluding carboxylic acids is 2. The summed E-state index contributed by atoms with van der Waals surface area (Å²) in [6.45, 7) is -2.01. The van der Waals surface area contributed by atoms with E-state index in [1.807, 2.05) is 18.2 Å². The molecule has 0 radical (unpaired) electrons. The summed E-state index contributed by atoms with van der Waals surface area (Å²) < 4.78 is 34.3. The third-order valence-electron chi connectivity index (χ3n) is 4.78. The summed E-state index contributed by atoms with van der Waals surface area (Å²) in [7, 11) is 1.32. The zero-order valence-corrected chi connectivity index (χ0v) is 15.9. The van der Waals surface area contributed by atoms with Crippen LogP contribution < -0.4 is 14.8 Å². The van der Waals surface area contributed by atoms with Crippen molar-refractivity contribution in [2.45, 2.75) is 25.5 Å². The predicted octanol–water partition coefficient (Wildman–Crippen LogP) is 3.33. The molecule has 0 aliphatic carbocycles.